The normalized spacial score (nSPS) is 10.9. The van der Waals surface area contributed by atoms with Crippen molar-refractivity contribution in [2.45, 2.75) is 5.92 Å². The number of ether oxygens (including phenoxy) is 1. The van der Waals surface area contributed by atoms with E-state index in [-0.39, 0.29) is 5.43 Å². The van der Waals surface area contributed by atoms with Crippen molar-refractivity contribution in [3.63, 3.8) is 0 Å². The molecule has 0 saturated heterocycles. The second-order valence-electron chi connectivity index (χ2n) is 7.67. The van der Waals surface area contributed by atoms with E-state index in [4.69, 9.17) is 9.15 Å². The third kappa shape index (κ3) is 4.32. The second-order valence-corrected chi connectivity index (χ2v) is 7.67. The highest BCUT2D eigenvalue weighted by atomic mass is 16.5. The van der Waals surface area contributed by atoms with Gasteiger partial charge in [-0.05, 0) is 29.3 Å². The second kappa shape index (κ2) is 8.97. The molecular weight excluding hydrogens is 412 g/mol. The van der Waals surface area contributed by atoms with Crippen molar-refractivity contribution in [1.29, 1.82) is 0 Å². The first-order valence-electron chi connectivity index (χ1n) is 10.6. The Kier molecular flexibility index (Phi) is 5.56. The van der Waals surface area contributed by atoms with E-state index in [1.165, 1.54) is 6.07 Å². The first-order chi connectivity index (χ1) is 16.2. The van der Waals surface area contributed by atoms with E-state index in [9.17, 15) is 9.59 Å². The molecule has 0 amide bonds. The standard InChI is InChI=1S/C29H20O4/c30-25-19-27(20-10-4-1-5-11-20)33-26-17-16-23(18-24(25)26)32-29(31)28(21-12-6-2-7-13-21)22-14-8-3-9-15-22/h1-19,28H. The molecular formula is C29H20O4. The van der Waals surface area contributed by atoms with Crippen LogP contribution in [0.15, 0.2) is 124 Å². The van der Waals surface area contributed by atoms with Gasteiger partial charge in [0.15, 0.2) is 5.43 Å². The highest BCUT2D eigenvalue weighted by molar-refractivity contribution is 5.86. The van der Waals surface area contributed by atoms with Crippen molar-refractivity contribution < 1.29 is 13.9 Å². The maximum Gasteiger partial charge on any atom is 0.323 e. The number of esters is 1. The van der Waals surface area contributed by atoms with Crippen LogP contribution in [0.1, 0.15) is 17.0 Å². The molecule has 0 unspecified atom stereocenters. The maximum absolute atomic E-state index is 13.2. The van der Waals surface area contributed by atoms with Crippen molar-refractivity contribution in [3.8, 4) is 17.1 Å². The quantitative estimate of drug-likeness (QED) is 0.245. The zero-order valence-corrected chi connectivity index (χ0v) is 17.7. The SMILES string of the molecule is O=C(Oc1ccc2oc(-c3ccccc3)cc(=O)c2c1)C(c1ccccc1)c1ccccc1. The van der Waals surface area contributed by atoms with E-state index in [0.717, 1.165) is 16.7 Å². The van der Waals surface area contributed by atoms with E-state index >= 15 is 0 Å². The maximum atomic E-state index is 13.2. The van der Waals surface area contributed by atoms with Crippen molar-refractivity contribution in [1.82, 2.24) is 0 Å². The Morgan fingerprint density at radius 3 is 1.88 bits per heavy atom. The average Bonchev–Trinajstić information content (AvgIpc) is 2.86. The number of carbonyl (C=O) groups is 1. The summed E-state index contributed by atoms with van der Waals surface area (Å²) in [5.74, 6) is -0.216. The fraction of sp³-hybridized carbons (Fsp3) is 0.0345. The van der Waals surface area contributed by atoms with Crippen LogP contribution >= 0.6 is 0 Å². The van der Waals surface area contributed by atoms with Crippen LogP contribution in [0.25, 0.3) is 22.3 Å². The van der Waals surface area contributed by atoms with Crippen LogP contribution in [0.4, 0.5) is 0 Å². The number of fused-ring (bicyclic) bond motifs is 1. The van der Waals surface area contributed by atoms with Gasteiger partial charge < -0.3 is 9.15 Å². The molecule has 0 bridgehead atoms. The summed E-state index contributed by atoms with van der Waals surface area (Å²) >= 11 is 0. The number of hydrogen-bond acceptors (Lipinski definition) is 4. The minimum atomic E-state index is -0.583. The lowest BCUT2D eigenvalue weighted by Crippen LogP contribution is -2.20. The van der Waals surface area contributed by atoms with Crippen molar-refractivity contribution in [2.75, 3.05) is 0 Å². The molecule has 33 heavy (non-hydrogen) atoms. The summed E-state index contributed by atoms with van der Waals surface area (Å²) in [6.07, 6.45) is 0. The topological polar surface area (TPSA) is 56.5 Å². The van der Waals surface area contributed by atoms with Gasteiger partial charge in [0, 0.05) is 11.6 Å². The van der Waals surface area contributed by atoms with E-state index in [1.54, 1.807) is 18.2 Å². The lowest BCUT2D eigenvalue weighted by molar-refractivity contribution is -0.135. The van der Waals surface area contributed by atoms with Crippen LogP contribution in [0, 0.1) is 0 Å². The van der Waals surface area contributed by atoms with Crippen LogP contribution < -0.4 is 10.2 Å². The van der Waals surface area contributed by atoms with Gasteiger partial charge in [-0.2, -0.15) is 0 Å². The van der Waals surface area contributed by atoms with Crippen LogP contribution in [0.2, 0.25) is 0 Å². The molecule has 0 N–H and O–H groups in total. The van der Waals surface area contributed by atoms with Gasteiger partial charge in [-0.3, -0.25) is 9.59 Å². The molecule has 1 heterocycles. The third-order valence-corrected chi connectivity index (χ3v) is 5.48. The molecule has 160 valence electrons. The van der Waals surface area contributed by atoms with Gasteiger partial charge >= 0.3 is 5.97 Å². The fourth-order valence-electron chi connectivity index (χ4n) is 3.87. The molecule has 4 nitrogen and oxygen atoms in total. The van der Waals surface area contributed by atoms with Gasteiger partial charge in [-0.25, -0.2) is 0 Å². The Labute approximate surface area is 190 Å². The largest absolute Gasteiger partial charge is 0.456 e. The van der Waals surface area contributed by atoms with E-state index in [0.29, 0.717) is 22.5 Å². The minimum absolute atomic E-state index is 0.198. The fourth-order valence-corrected chi connectivity index (χ4v) is 3.87. The Hall–Kier alpha value is -4.44. The van der Waals surface area contributed by atoms with Crippen molar-refractivity contribution in [2.24, 2.45) is 0 Å². The van der Waals surface area contributed by atoms with Gasteiger partial charge in [0.2, 0.25) is 0 Å². The Balaban J connectivity index is 1.48. The summed E-state index contributed by atoms with van der Waals surface area (Å²) in [6, 6.07) is 34.8. The molecule has 5 aromatic rings. The summed E-state index contributed by atoms with van der Waals surface area (Å²) in [5, 5.41) is 0.357. The first kappa shape index (κ1) is 20.5. The number of benzene rings is 4. The summed E-state index contributed by atoms with van der Waals surface area (Å²) in [5.41, 5.74) is 2.73. The summed E-state index contributed by atoms with van der Waals surface area (Å²) < 4.78 is 11.7. The molecule has 0 aliphatic heterocycles. The Morgan fingerprint density at radius 1 is 0.697 bits per heavy atom. The van der Waals surface area contributed by atoms with Crippen molar-refractivity contribution >= 4 is 16.9 Å². The van der Waals surface area contributed by atoms with E-state index in [1.807, 2.05) is 91.0 Å². The summed E-state index contributed by atoms with van der Waals surface area (Å²) in [7, 11) is 0. The molecule has 0 fully saturated rings. The van der Waals surface area contributed by atoms with Crippen molar-refractivity contribution in [3.05, 3.63) is 137 Å². The van der Waals surface area contributed by atoms with Crippen LogP contribution in [0.5, 0.6) is 5.75 Å². The highest BCUT2D eigenvalue weighted by Crippen LogP contribution is 2.29. The van der Waals surface area contributed by atoms with Gasteiger partial charge in [-0.1, -0.05) is 91.0 Å². The Morgan fingerprint density at radius 2 is 1.27 bits per heavy atom. The first-order valence-corrected chi connectivity index (χ1v) is 10.6. The predicted octanol–water partition coefficient (Wildman–Crippen LogP) is 6.20. The zero-order chi connectivity index (χ0) is 22.6. The Bertz CT molecular complexity index is 1420. The van der Waals surface area contributed by atoms with E-state index < -0.39 is 11.9 Å². The van der Waals surface area contributed by atoms with Crippen LogP contribution in [-0.2, 0) is 4.79 Å². The van der Waals surface area contributed by atoms with Gasteiger partial charge in [0.1, 0.15) is 23.0 Å². The summed E-state index contributed by atoms with van der Waals surface area (Å²) in [6.45, 7) is 0. The van der Waals surface area contributed by atoms with Gasteiger partial charge in [0.25, 0.3) is 0 Å². The summed E-state index contributed by atoms with van der Waals surface area (Å²) in [4.78, 5) is 26.0. The molecule has 0 atom stereocenters. The van der Waals surface area contributed by atoms with Gasteiger partial charge in [0.05, 0.1) is 5.39 Å². The molecule has 4 heteroatoms. The number of hydrogen-bond donors (Lipinski definition) is 0. The molecule has 0 spiro atoms. The smallest absolute Gasteiger partial charge is 0.323 e. The predicted molar refractivity (Wildman–Crippen MR) is 128 cm³/mol. The monoisotopic (exact) mass is 432 g/mol. The molecule has 1 aromatic heterocycles. The molecule has 0 aliphatic rings. The number of rotatable bonds is 5. The molecule has 0 saturated carbocycles. The van der Waals surface area contributed by atoms with Crippen LogP contribution in [-0.4, -0.2) is 5.97 Å². The molecule has 0 radical (unpaired) electrons. The average molecular weight is 432 g/mol. The third-order valence-electron chi connectivity index (χ3n) is 5.48. The lowest BCUT2D eigenvalue weighted by Gasteiger charge is -2.17. The zero-order valence-electron chi connectivity index (χ0n) is 17.7. The van der Waals surface area contributed by atoms with Gasteiger partial charge in [-0.15, -0.1) is 0 Å². The molecule has 4 aromatic carbocycles. The van der Waals surface area contributed by atoms with Crippen LogP contribution in [0.3, 0.4) is 0 Å². The number of carbonyl (C=O) groups excluding carboxylic acids is 1. The van der Waals surface area contributed by atoms with E-state index in [2.05, 4.69) is 0 Å². The lowest BCUT2D eigenvalue weighted by atomic mass is 9.91. The molecule has 0 aliphatic carbocycles. The molecule has 5 rings (SSSR count). The highest BCUT2D eigenvalue weighted by Gasteiger charge is 2.25. The minimum Gasteiger partial charge on any atom is -0.456 e.